The molecule has 0 amide bonds. The summed E-state index contributed by atoms with van der Waals surface area (Å²) in [6.07, 6.45) is -1.02. The number of aliphatic carboxylic acids is 2. The molecular formula is C6H9O6Sb. The first-order valence-corrected chi connectivity index (χ1v) is 4.66. The Hall–Kier alpha value is -0.772. The van der Waals surface area contributed by atoms with Crippen molar-refractivity contribution in [2.45, 2.75) is 12.8 Å². The Kier molecular flexibility index (Phi) is 5.46. The average molecular weight is 299 g/mol. The van der Waals surface area contributed by atoms with Gasteiger partial charge in [0.05, 0.1) is 0 Å². The summed E-state index contributed by atoms with van der Waals surface area (Å²) in [5.74, 6) is -4.26. The van der Waals surface area contributed by atoms with E-state index in [0.717, 1.165) is 0 Å². The van der Waals surface area contributed by atoms with Crippen LogP contribution in [0.4, 0.5) is 0 Å². The number of carbonyl (C=O) groups is 3. The second-order valence-corrected chi connectivity index (χ2v) is 3.00. The fourth-order valence-corrected chi connectivity index (χ4v) is 1.31. The van der Waals surface area contributed by atoms with Gasteiger partial charge in [-0.15, -0.1) is 0 Å². The van der Waals surface area contributed by atoms with E-state index in [1.807, 2.05) is 0 Å². The standard InChI is InChI=1S/C6H8O6.Sb.2H/c7-4(8)1-3(6(11)12)2-5(9)10;;;/h3H,1-2H2,(H,7,8)(H,9,10)(H,11,12);;;/q;+1;;/p-1. The first kappa shape index (κ1) is 12.2. The van der Waals surface area contributed by atoms with Gasteiger partial charge in [0.2, 0.25) is 0 Å². The van der Waals surface area contributed by atoms with Crippen LogP contribution in [0.15, 0.2) is 0 Å². The third-order valence-corrected chi connectivity index (χ3v) is 1.95. The van der Waals surface area contributed by atoms with Crippen molar-refractivity contribution in [2.75, 3.05) is 0 Å². The first-order valence-electron chi connectivity index (χ1n) is 3.31. The van der Waals surface area contributed by atoms with Crippen LogP contribution in [-0.4, -0.2) is 51.6 Å². The monoisotopic (exact) mass is 298 g/mol. The Balaban J connectivity index is 4.26. The fourth-order valence-electron chi connectivity index (χ4n) is 0.757. The maximum atomic E-state index is 10.9. The summed E-state index contributed by atoms with van der Waals surface area (Å²) in [6.45, 7) is 0. The van der Waals surface area contributed by atoms with E-state index in [-0.39, 0.29) is 23.4 Å². The molecule has 0 rings (SSSR count). The van der Waals surface area contributed by atoms with E-state index >= 15 is 0 Å². The Morgan fingerprint density at radius 1 is 1.15 bits per heavy atom. The number of hydrogen-bond donors (Lipinski definition) is 2. The Labute approximate surface area is 87.9 Å². The molecule has 0 unspecified atom stereocenters. The SMILES string of the molecule is O=C(O)CC(CC(=O)O)C(=O)[O][SbH2]. The molecule has 0 aromatic rings. The second kappa shape index (κ2) is 5.80. The van der Waals surface area contributed by atoms with Gasteiger partial charge in [0.15, 0.2) is 0 Å². The molecular weight excluding hydrogens is 290 g/mol. The van der Waals surface area contributed by atoms with Crippen molar-refractivity contribution in [3.05, 3.63) is 0 Å². The summed E-state index contributed by atoms with van der Waals surface area (Å²) in [4.78, 5) is 31.3. The van der Waals surface area contributed by atoms with Gasteiger partial charge in [-0.05, 0) is 0 Å². The molecule has 0 saturated carbocycles. The minimum atomic E-state index is -1.21. The molecule has 0 spiro atoms. The molecule has 2 N–H and O–H groups in total. The zero-order chi connectivity index (χ0) is 10.4. The Morgan fingerprint density at radius 3 is 1.77 bits per heavy atom. The van der Waals surface area contributed by atoms with Crippen LogP contribution in [0.1, 0.15) is 12.8 Å². The van der Waals surface area contributed by atoms with Crippen LogP contribution in [0.3, 0.4) is 0 Å². The van der Waals surface area contributed by atoms with Crippen LogP contribution < -0.4 is 0 Å². The van der Waals surface area contributed by atoms with E-state index in [0.29, 0.717) is 0 Å². The van der Waals surface area contributed by atoms with E-state index < -0.39 is 36.7 Å². The maximum absolute atomic E-state index is 10.9. The molecule has 0 aliphatic rings. The van der Waals surface area contributed by atoms with E-state index in [4.69, 9.17) is 10.2 Å². The summed E-state index contributed by atoms with van der Waals surface area (Å²) in [7, 11) is 0. The van der Waals surface area contributed by atoms with Gasteiger partial charge in [0.1, 0.15) is 0 Å². The van der Waals surface area contributed by atoms with Crippen LogP contribution in [0, 0.1) is 5.92 Å². The van der Waals surface area contributed by atoms with Gasteiger partial charge in [-0.3, -0.25) is 0 Å². The van der Waals surface area contributed by atoms with E-state index in [2.05, 4.69) is 3.02 Å². The van der Waals surface area contributed by atoms with Crippen LogP contribution in [-0.2, 0) is 17.4 Å². The van der Waals surface area contributed by atoms with Crippen molar-refractivity contribution in [1.29, 1.82) is 0 Å². The first-order chi connectivity index (χ1) is 5.97. The summed E-state index contributed by atoms with van der Waals surface area (Å²) >= 11 is 0.197. The van der Waals surface area contributed by atoms with Gasteiger partial charge in [0, 0.05) is 0 Å². The van der Waals surface area contributed by atoms with Crippen molar-refractivity contribution < 1.29 is 27.6 Å². The van der Waals surface area contributed by atoms with Crippen LogP contribution in [0.5, 0.6) is 0 Å². The molecule has 13 heavy (non-hydrogen) atoms. The van der Waals surface area contributed by atoms with E-state index in [1.165, 1.54) is 0 Å². The molecule has 0 radical (unpaired) electrons. The van der Waals surface area contributed by atoms with E-state index in [9.17, 15) is 14.4 Å². The van der Waals surface area contributed by atoms with E-state index in [1.54, 1.807) is 0 Å². The van der Waals surface area contributed by atoms with Gasteiger partial charge < -0.3 is 0 Å². The molecule has 0 aliphatic heterocycles. The van der Waals surface area contributed by atoms with Crippen LogP contribution in [0.25, 0.3) is 0 Å². The van der Waals surface area contributed by atoms with Crippen molar-refractivity contribution in [2.24, 2.45) is 5.92 Å². The summed E-state index contributed by atoms with van der Waals surface area (Å²) < 4.78 is 4.38. The Morgan fingerprint density at radius 2 is 1.54 bits per heavy atom. The van der Waals surface area contributed by atoms with Crippen molar-refractivity contribution >= 4 is 41.4 Å². The average Bonchev–Trinajstić information content (AvgIpc) is 2.00. The fraction of sp³-hybridized carbons (Fsp3) is 0.500. The predicted molar refractivity (Wildman–Crippen MR) is 42.6 cm³/mol. The molecule has 0 atom stereocenters. The van der Waals surface area contributed by atoms with Gasteiger partial charge in [0.25, 0.3) is 0 Å². The van der Waals surface area contributed by atoms with Gasteiger partial charge in [-0.2, -0.15) is 0 Å². The van der Waals surface area contributed by atoms with Gasteiger partial charge in [-0.25, -0.2) is 0 Å². The van der Waals surface area contributed by atoms with Crippen molar-refractivity contribution in [1.82, 2.24) is 0 Å². The number of carboxylic acids is 2. The molecule has 0 fully saturated rings. The summed E-state index contributed by atoms with van der Waals surface area (Å²) in [5, 5.41) is 16.7. The third kappa shape index (κ3) is 5.46. The number of carbonyl (C=O) groups excluding carboxylic acids is 1. The number of carboxylic acid groups (broad SMARTS) is 2. The van der Waals surface area contributed by atoms with Gasteiger partial charge >= 0.3 is 87.7 Å². The molecule has 0 saturated heterocycles. The third-order valence-electron chi connectivity index (χ3n) is 1.29. The minimum absolute atomic E-state index is 0.197. The quantitative estimate of drug-likeness (QED) is 0.608. The topological polar surface area (TPSA) is 101 Å². The van der Waals surface area contributed by atoms with Crippen LogP contribution in [0.2, 0.25) is 0 Å². The van der Waals surface area contributed by atoms with Crippen molar-refractivity contribution in [3.8, 4) is 0 Å². The molecule has 7 heteroatoms. The molecule has 0 aliphatic carbocycles. The zero-order valence-corrected chi connectivity index (χ0v) is 9.89. The molecule has 0 aromatic carbocycles. The molecule has 0 heterocycles. The molecule has 0 aromatic heterocycles. The number of rotatable bonds is 5. The molecule has 6 nitrogen and oxygen atoms in total. The normalized spacial score (nSPS) is 9.69. The van der Waals surface area contributed by atoms with Crippen molar-refractivity contribution in [3.63, 3.8) is 0 Å². The Bertz CT molecular complexity index is 209. The zero-order valence-electron chi connectivity index (χ0n) is 6.60. The predicted octanol–water partition coefficient (Wildman–Crippen LogP) is -1.36. The molecule has 74 valence electrons. The molecule has 0 bridgehead atoms. The summed E-state index contributed by atoms with van der Waals surface area (Å²) in [5.41, 5.74) is 0. The van der Waals surface area contributed by atoms with Crippen LogP contribution >= 0.6 is 0 Å². The van der Waals surface area contributed by atoms with Gasteiger partial charge in [-0.1, -0.05) is 0 Å². The summed E-state index contributed by atoms with van der Waals surface area (Å²) in [6, 6.07) is 0. The number of hydrogen-bond acceptors (Lipinski definition) is 4. The second-order valence-electron chi connectivity index (χ2n) is 2.33.